The van der Waals surface area contributed by atoms with E-state index in [2.05, 4.69) is 10.0 Å². The van der Waals surface area contributed by atoms with Crippen molar-refractivity contribution in [2.24, 2.45) is 5.10 Å². The Morgan fingerprint density at radius 1 is 1.09 bits per heavy atom. The van der Waals surface area contributed by atoms with E-state index in [1.807, 2.05) is 4.90 Å². The van der Waals surface area contributed by atoms with Gasteiger partial charge in [-0.05, 0) is 38.8 Å². The summed E-state index contributed by atoms with van der Waals surface area (Å²) in [6.45, 7) is 3.98. The van der Waals surface area contributed by atoms with E-state index in [0.717, 1.165) is 19.5 Å². The number of hydrazone groups is 1. The average Bonchev–Trinajstić information content (AvgIpc) is 2.94. The van der Waals surface area contributed by atoms with Gasteiger partial charge in [-0.25, -0.2) is 5.01 Å². The first kappa shape index (κ1) is 15.5. The second-order valence-electron chi connectivity index (χ2n) is 6.61. The Balaban J connectivity index is 1.68. The van der Waals surface area contributed by atoms with Crippen LogP contribution < -0.4 is 0 Å². The number of hydrogen-bond acceptors (Lipinski definition) is 4. The number of amides is 2. The Hall–Kier alpha value is -1.43. The summed E-state index contributed by atoms with van der Waals surface area (Å²) in [5.41, 5.74) is 0.546. The molecule has 0 N–H and O–H groups in total. The lowest BCUT2D eigenvalue weighted by Gasteiger charge is -2.31. The van der Waals surface area contributed by atoms with Gasteiger partial charge in [-0.2, -0.15) is 5.10 Å². The maximum absolute atomic E-state index is 12.8. The van der Waals surface area contributed by atoms with Gasteiger partial charge < -0.3 is 4.90 Å². The summed E-state index contributed by atoms with van der Waals surface area (Å²) in [5, 5.41) is 5.50. The van der Waals surface area contributed by atoms with Crippen LogP contribution in [-0.4, -0.2) is 71.6 Å². The molecule has 0 aromatic heterocycles. The molecular weight excluding hydrogens is 280 g/mol. The quantitative estimate of drug-likeness (QED) is 0.767. The molecule has 0 unspecified atom stereocenters. The SMILES string of the molecule is CN1N=C(C(=O)N2CCCC[C@@H](N3CCCC3)C2)CCC1=O. The molecular formula is C16H26N4O2. The van der Waals surface area contributed by atoms with Crippen molar-refractivity contribution in [1.82, 2.24) is 14.8 Å². The van der Waals surface area contributed by atoms with E-state index in [4.69, 9.17) is 0 Å². The van der Waals surface area contributed by atoms with E-state index < -0.39 is 0 Å². The molecule has 3 aliphatic rings. The fourth-order valence-corrected chi connectivity index (χ4v) is 3.72. The van der Waals surface area contributed by atoms with Crippen LogP contribution in [0.1, 0.15) is 44.9 Å². The van der Waals surface area contributed by atoms with Crippen LogP contribution in [0, 0.1) is 0 Å². The number of rotatable bonds is 2. The minimum Gasteiger partial charge on any atom is -0.336 e. The first-order chi connectivity index (χ1) is 10.6. The topological polar surface area (TPSA) is 56.2 Å². The molecule has 0 spiro atoms. The predicted octanol–water partition coefficient (Wildman–Crippen LogP) is 1.07. The summed E-state index contributed by atoms with van der Waals surface area (Å²) < 4.78 is 0. The Bertz CT molecular complexity index is 471. The number of carbonyl (C=O) groups is 2. The minimum atomic E-state index is -0.0117. The molecule has 2 saturated heterocycles. The first-order valence-electron chi connectivity index (χ1n) is 8.52. The summed E-state index contributed by atoms with van der Waals surface area (Å²) >= 11 is 0. The van der Waals surface area contributed by atoms with Gasteiger partial charge in [0.2, 0.25) is 5.91 Å². The molecule has 0 aromatic rings. The summed E-state index contributed by atoms with van der Waals surface area (Å²) in [7, 11) is 1.63. The van der Waals surface area contributed by atoms with Crippen LogP contribution in [0.15, 0.2) is 5.10 Å². The second-order valence-corrected chi connectivity index (χ2v) is 6.61. The molecule has 0 aliphatic carbocycles. The molecule has 3 rings (SSSR count). The maximum Gasteiger partial charge on any atom is 0.270 e. The monoisotopic (exact) mass is 306 g/mol. The van der Waals surface area contributed by atoms with Crippen molar-refractivity contribution < 1.29 is 9.59 Å². The largest absolute Gasteiger partial charge is 0.336 e. The Morgan fingerprint density at radius 3 is 2.55 bits per heavy atom. The van der Waals surface area contributed by atoms with Gasteiger partial charge in [0, 0.05) is 39.0 Å². The van der Waals surface area contributed by atoms with Crippen LogP contribution in [0.5, 0.6) is 0 Å². The van der Waals surface area contributed by atoms with Gasteiger partial charge in [0.1, 0.15) is 5.71 Å². The van der Waals surface area contributed by atoms with Crippen LogP contribution in [0.4, 0.5) is 0 Å². The van der Waals surface area contributed by atoms with Gasteiger partial charge in [-0.15, -0.1) is 0 Å². The van der Waals surface area contributed by atoms with E-state index in [-0.39, 0.29) is 11.8 Å². The van der Waals surface area contributed by atoms with E-state index in [1.54, 1.807) is 7.05 Å². The summed E-state index contributed by atoms with van der Waals surface area (Å²) in [4.78, 5) is 28.8. The number of hydrogen-bond donors (Lipinski definition) is 0. The third-order valence-electron chi connectivity index (χ3n) is 5.04. The number of likely N-dealkylation sites (tertiary alicyclic amines) is 2. The van der Waals surface area contributed by atoms with Crippen LogP contribution in [0.3, 0.4) is 0 Å². The highest BCUT2D eigenvalue weighted by atomic mass is 16.2. The van der Waals surface area contributed by atoms with Crippen LogP contribution in [-0.2, 0) is 9.59 Å². The molecule has 3 aliphatic heterocycles. The molecule has 0 bridgehead atoms. The molecule has 0 radical (unpaired) electrons. The molecule has 3 heterocycles. The van der Waals surface area contributed by atoms with Gasteiger partial charge in [-0.1, -0.05) is 6.42 Å². The molecule has 6 nitrogen and oxygen atoms in total. The van der Waals surface area contributed by atoms with Crippen LogP contribution in [0.25, 0.3) is 0 Å². The van der Waals surface area contributed by atoms with Gasteiger partial charge in [-0.3, -0.25) is 14.5 Å². The zero-order valence-electron chi connectivity index (χ0n) is 13.5. The predicted molar refractivity (Wildman–Crippen MR) is 84.5 cm³/mol. The Morgan fingerprint density at radius 2 is 1.82 bits per heavy atom. The van der Waals surface area contributed by atoms with Crippen molar-refractivity contribution in [1.29, 1.82) is 0 Å². The summed E-state index contributed by atoms with van der Waals surface area (Å²) in [5.74, 6) is 0.0211. The average molecular weight is 306 g/mol. The van der Waals surface area contributed by atoms with E-state index in [9.17, 15) is 9.59 Å². The lowest BCUT2D eigenvalue weighted by Crippen LogP contribution is -2.47. The van der Waals surface area contributed by atoms with E-state index in [1.165, 1.54) is 43.8 Å². The Labute approximate surface area is 132 Å². The number of nitrogens with zero attached hydrogens (tertiary/aromatic N) is 4. The summed E-state index contributed by atoms with van der Waals surface area (Å²) in [6.07, 6.45) is 6.88. The Kier molecular flexibility index (Phi) is 4.76. The highest BCUT2D eigenvalue weighted by Gasteiger charge is 2.31. The van der Waals surface area contributed by atoms with E-state index >= 15 is 0 Å². The molecule has 2 fully saturated rings. The van der Waals surface area contributed by atoms with Crippen molar-refractivity contribution in [3.05, 3.63) is 0 Å². The van der Waals surface area contributed by atoms with Crippen molar-refractivity contribution in [3.63, 3.8) is 0 Å². The molecule has 0 saturated carbocycles. The first-order valence-corrected chi connectivity index (χ1v) is 8.52. The zero-order chi connectivity index (χ0) is 15.5. The van der Waals surface area contributed by atoms with Crippen LogP contribution >= 0.6 is 0 Å². The standard InChI is InChI=1S/C16H26N4O2/c1-18-15(21)8-7-14(17-18)16(22)20-11-3-2-6-13(12-20)19-9-4-5-10-19/h13H,2-12H2,1H3/t13-/m1/s1. The van der Waals surface area contributed by atoms with Gasteiger partial charge in [0.15, 0.2) is 0 Å². The number of carbonyl (C=O) groups excluding carboxylic acids is 2. The minimum absolute atomic E-state index is 0.0117. The lowest BCUT2D eigenvalue weighted by molar-refractivity contribution is -0.130. The molecule has 6 heteroatoms. The van der Waals surface area contributed by atoms with Crippen molar-refractivity contribution in [2.75, 3.05) is 33.2 Å². The maximum atomic E-state index is 12.8. The van der Waals surface area contributed by atoms with Gasteiger partial charge in [0.25, 0.3) is 5.91 Å². The molecule has 2 amide bonds. The van der Waals surface area contributed by atoms with Crippen LogP contribution in [0.2, 0.25) is 0 Å². The van der Waals surface area contributed by atoms with Crippen molar-refractivity contribution in [3.8, 4) is 0 Å². The second kappa shape index (κ2) is 6.77. The highest BCUT2D eigenvalue weighted by molar-refractivity contribution is 6.39. The highest BCUT2D eigenvalue weighted by Crippen LogP contribution is 2.21. The normalized spacial score (nSPS) is 27.8. The van der Waals surface area contributed by atoms with Crippen molar-refractivity contribution in [2.45, 2.75) is 51.0 Å². The summed E-state index contributed by atoms with van der Waals surface area (Å²) in [6, 6.07) is 0.498. The molecule has 0 aromatic carbocycles. The molecule has 122 valence electrons. The smallest absolute Gasteiger partial charge is 0.270 e. The van der Waals surface area contributed by atoms with Crippen molar-refractivity contribution >= 4 is 17.5 Å². The van der Waals surface area contributed by atoms with Gasteiger partial charge in [0.05, 0.1) is 0 Å². The van der Waals surface area contributed by atoms with Gasteiger partial charge >= 0.3 is 0 Å². The lowest BCUT2D eigenvalue weighted by atomic mass is 10.1. The fraction of sp³-hybridized carbons (Fsp3) is 0.812. The molecule has 22 heavy (non-hydrogen) atoms. The van der Waals surface area contributed by atoms with E-state index in [0.29, 0.717) is 24.6 Å². The third kappa shape index (κ3) is 3.32. The zero-order valence-corrected chi connectivity index (χ0v) is 13.5. The fourth-order valence-electron chi connectivity index (χ4n) is 3.72. The third-order valence-corrected chi connectivity index (χ3v) is 5.04. The molecule has 1 atom stereocenters.